The first kappa shape index (κ1) is 11.2. The van der Waals surface area contributed by atoms with E-state index in [2.05, 4.69) is 20.9 Å². The number of imidazole rings is 1. The van der Waals surface area contributed by atoms with Crippen molar-refractivity contribution >= 4 is 11.0 Å². The average molecular weight is 240 g/mol. The molecule has 0 atom stereocenters. The van der Waals surface area contributed by atoms with E-state index in [1.165, 1.54) is 25.9 Å². The van der Waals surface area contributed by atoms with E-state index < -0.39 is 0 Å². The van der Waals surface area contributed by atoms with Gasteiger partial charge in [-0.2, -0.15) is 5.26 Å². The molecule has 1 aromatic carbocycles. The summed E-state index contributed by atoms with van der Waals surface area (Å²) in [5.74, 6) is 1.02. The van der Waals surface area contributed by atoms with Crippen LogP contribution >= 0.6 is 0 Å². The van der Waals surface area contributed by atoms with Crippen molar-refractivity contribution in [2.24, 2.45) is 0 Å². The lowest BCUT2D eigenvalue weighted by Gasteiger charge is -2.12. The molecule has 1 aliphatic heterocycles. The van der Waals surface area contributed by atoms with Crippen LogP contribution in [0.4, 0.5) is 0 Å². The standard InChI is InChI=1S/C14H16N4/c15-10-11-3-4-12-13(9-11)17-14(16-12)5-8-18-6-1-2-7-18/h3-4,9H,1-2,5-8H2,(H,16,17). The molecule has 0 spiro atoms. The van der Waals surface area contributed by atoms with Gasteiger partial charge in [-0.05, 0) is 44.1 Å². The van der Waals surface area contributed by atoms with E-state index in [0.717, 1.165) is 29.8 Å². The minimum Gasteiger partial charge on any atom is -0.342 e. The van der Waals surface area contributed by atoms with Gasteiger partial charge in [-0.15, -0.1) is 0 Å². The van der Waals surface area contributed by atoms with E-state index in [-0.39, 0.29) is 0 Å². The molecular formula is C14H16N4. The highest BCUT2D eigenvalue weighted by Gasteiger charge is 2.12. The maximum absolute atomic E-state index is 8.86. The monoisotopic (exact) mass is 240 g/mol. The van der Waals surface area contributed by atoms with E-state index in [0.29, 0.717) is 5.56 Å². The van der Waals surface area contributed by atoms with Crippen LogP contribution in [0.2, 0.25) is 0 Å². The molecule has 3 rings (SSSR count). The Labute approximate surface area is 106 Å². The van der Waals surface area contributed by atoms with Gasteiger partial charge in [0.25, 0.3) is 0 Å². The minimum atomic E-state index is 0.678. The van der Waals surface area contributed by atoms with E-state index in [4.69, 9.17) is 5.26 Å². The van der Waals surface area contributed by atoms with Crippen molar-refractivity contribution in [2.75, 3.05) is 19.6 Å². The molecule has 0 radical (unpaired) electrons. The highest BCUT2D eigenvalue weighted by Crippen LogP contribution is 2.14. The Kier molecular flexibility index (Phi) is 2.99. The van der Waals surface area contributed by atoms with Crippen LogP contribution in [-0.2, 0) is 6.42 Å². The van der Waals surface area contributed by atoms with Crippen LogP contribution in [-0.4, -0.2) is 34.5 Å². The largest absolute Gasteiger partial charge is 0.342 e. The molecule has 1 fully saturated rings. The lowest BCUT2D eigenvalue weighted by Crippen LogP contribution is -2.22. The molecule has 1 saturated heterocycles. The van der Waals surface area contributed by atoms with Crippen LogP contribution in [0.25, 0.3) is 11.0 Å². The zero-order valence-electron chi connectivity index (χ0n) is 10.3. The van der Waals surface area contributed by atoms with Crippen molar-refractivity contribution in [1.82, 2.24) is 14.9 Å². The first-order valence-electron chi connectivity index (χ1n) is 6.46. The average Bonchev–Trinajstić information content (AvgIpc) is 3.04. The van der Waals surface area contributed by atoms with E-state index in [9.17, 15) is 0 Å². The predicted octanol–water partition coefficient (Wildman–Crippen LogP) is 2.07. The van der Waals surface area contributed by atoms with Gasteiger partial charge >= 0.3 is 0 Å². The maximum Gasteiger partial charge on any atom is 0.108 e. The number of aromatic amines is 1. The third-order valence-electron chi connectivity index (χ3n) is 3.52. The molecule has 1 aromatic heterocycles. The second kappa shape index (κ2) is 4.79. The molecule has 0 aliphatic carbocycles. The smallest absolute Gasteiger partial charge is 0.108 e. The van der Waals surface area contributed by atoms with Crippen LogP contribution < -0.4 is 0 Å². The van der Waals surface area contributed by atoms with Crippen LogP contribution in [0.5, 0.6) is 0 Å². The van der Waals surface area contributed by atoms with Gasteiger partial charge in [0.05, 0.1) is 22.7 Å². The fourth-order valence-electron chi connectivity index (χ4n) is 2.52. The van der Waals surface area contributed by atoms with Crippen molar-refractivity contribution < 1.29 is 0 Å². The topological polar surface area (TPSA) is 55.7 Å². The van der Waals surface area contributed by atoms with Crippen molar-refractivity contribution in [3.63, 3.8) is 0 Å². The Morgan fingerprint density at radius 2 is 2.17 bits per heavy atom. The van der Waals surface area contributed by atoms with Gasteiger partial charge < -0.3 is 9.88 Å². The summed E-state index contributed by atoms with van der Waals surface area (Å²) in [7, 11) is 0. The minimum absolute atomic E-state index is 0.678. The van der Waals surface area contributed by atoms with Crippen molar-refractivity contribution in [2.45, 2.75) is 19.3 Å². The number of aromatic nitrogens is 2. The molecule has 18 heavy (non-hydrogen) atoms. The molecule has 92 valence electrons. The van der Waals surface area contributed by atoms with Crippen molar-refractivity contribution in [3.05, 3.63) is 29.6 Å². The van der Waals surface area contributed by atoms with Gasteiger partial charge in [-0.3, -0.25) is 0 Å². The zero-order chi connectivity index (χ0) is 12.4. The third-order valence-corrected chi connectivity index (χ3v) is 3.52. The molecule has 1 N–H and O–H groups in total. The van der Waals surface area contributed by atoms with Crippen LogP contribution in [0.1, 0.15) is 24.2 Å². The molecule has 2 aromatic rings. The molecule has 0 bridgehead atoms. The van der Waals surface area contributed by atoms with Crippen LogP contribution in [0.15, 0.2) is 18.2 Å². The number of rotatable bonds is 3. The number of H-pyrrole nitrogens is 1. The summed E-state index contributed by atoms with van der Waals surface area (Å²) in [5.41, 5.74) is 2.59. The Morgan fingerprint density at radius 3 is 2.94 bits per heavy atom. The first-order valence-corrected chi connectivity index (χ1v) is 6.46. The highest BCUT2D eigenvalue weighted by atomic mass is 15.1. The quantitative estimate of drug-likeness (QED) is 0.893. The molecular weight excluding hydrogens is 224 g/mol. The molecule has 0 unspecified atom stereocenters. The Morgan fingerprint density at radius 1 is 1.33 bits per heavy atom. The number of hydrogen-bond acceptors (Lipinski definition) is 3. The molecule has 2 heterocycles. The fraction of sp³-hybridized carbons (Fsp3) is 0.429. The summed E-state index contributed by atoms with van der Waals surface area (Å²) in [6, 6.07) is 7.73. The summed E-state index contributed by atoms with van der Waals surface area (Å²) in [6.07, 6.45) is 3.61. The molecule has 0 amide bonds. The molecule has 1 aliphatic rings. The highest BCUT2D eigenvalue weighted by molar-refractivity contribution is 5.76. The summed E-state index contributed by atoms with van der Waals surface area (Å²) in [6.45, 7) is 3.52. The lowest BCUT2D eigenvalue weighted by atomic mass is 10.2. The number of nitriles is 1. The number of nitrogens with one attached hydrogen (secondary N) is 1. The van der Waals surface area contributed by atoms with Gasteiger partial charge in [0.15, 0.2) is 0 Å². The molecule has 4 nitrogen and oxygen atoms in total. The summed E-state index contributed by atoms with van der Waals surface area (Å²) >= 11 is 0. The normalized spacial score (nSPS) is 16.2. The predicted molar refractivity (Wildman–Crippen MR) is 70.2 cm³/mol. The van der Waals surface area contributed by atoms with Gasteiger partial charge in [-0.25, -0.2) is 4.98 Å². The second-order valence-electron chi connectivity index (χ2n) is 4.83. The zero-order valence-corrected chi connectivity index (χ0v) is 10.3. The Balaban J connectivity index is 1.74. The van der Waals surface area contributed by atoms with Gasteiger partial charge in [0.2, 0.25) is 0 Å². The maximum atomic E-state index is 8.86. The lowest BCUT2D eigenvalue weighted by molar-refractivity contribution is 0.341. The molecule has 4 heteroatoms. The summed E-state index contributed by atoms with van der Waals surface area (Å²) in [4.78, 5) is 10.3. The SMILES string of the molecule is N#Cc1ccc2nc(CCN3CCCC3)[nH]c2c1. The second-order valence-corrected chi connectivity index (χ2v) is 4.83. The first-order chi connectivity index (χ1) is 8.85. The Hall–Kier alpha value is -1.86. The molecule has 0 saturated carbocycles. The van der Waals surface area contributed by atoms with Gasteiger partial charge in [0, 0.05) is 13.0 Å². The Bertz CT molecular complexity index is 587. The van der Waals surface area contributed by atoms with Crippen LogP contribution in [0.3, 0.4) is 0 Å². The number of fused-ring (bicyclic) bond motifs is 1. The summed E-state index contributed by atoms with van der Waals surface area (Å²) < 4.78 is 0. The van der Waals surface area contributed by atoms with E-state index in [1.807, 2.05) is 18.2 Å². The van der Waals surface area contributed by atoms with Crippen LogP contribution in [0, 0.1) is 11.3 Å². The van der Waals surface area contributed by atoms with Crippen molar-refractivity contribution in [1.29, 1.82) is 5.26 Å². The number of likely N-dealkylation sites (tertiary alicyclic amines) is 1. The summed E-state index contributed by atoms with van der Waals surface area (Å²) in [5, 5.41) is 8.86. The van der Waals surface area contributed by atoms with Crippen molar-refractivity contribution in [3.8, 4) is 6.07 Å². The number of benzene rings is 1. The third kappa shape index (κ3) is 2.22. The number of nitrogens with zero attached hydrogens (tertiary/aromatic N) is 3. The number of hydrogen-bond donors (Lipinski definition) is 1. The fourth-order valence-corrected chi connectivity index (χ4v) is 2.52. The van der Waals surface area contributed by atoms with E-state index in [1.54, 1.807) is 0 Å². The van der Waals surface area contributed by atoms with Gasteiger partial charge in [0.1, 0.15) is 5.82 Å². The van der Waals surface area contributed by atoms with E-state index >= 15 is 0 Å². The van der Waals surface area contributed by atoms with Gasteiger partial charge in [-0.1, -0.05) is 0 Å².